The van der Waals surface area contributed by atoms with E-state index in [0.717, 1.165) is 43.9 Å². The second-order valence-electron chi connectivity index (χ2n) is 8.18. The zero-order chi connectivity index (χ0) is 24.2. The van der Waals surface area contributed by atoms with E-state index in [1.54, 1.807) is 30.5 Å². The molecule has 3 rings (SSSR count). The fraction of sp³-hybridized carbons (Fsp3) is 0.444. The van der Waals surface area contributed by atoms with Crippen LogP contribution in [-0.4, -0.2) is 29.0 Å². The molecule has 0 N–H and O–H groups in total. The minimum Gasteiger partial charge on any atom is -0.490 e. The Hall–Kier alpha value is -3.35. The van der Waals surface area contributed by atoms with E-state index in [-0.39, 0.29) is 30.4 Å². The third-order valence-corrected chi connectivity index (χ3v) is 5.47. The van der Waals surface area contributed by atoms with Crippen LogP contribution < -0.4 is 19.8 Å². The van der Waals surface area contributed by atoms with Gasteiger partial charge in [-0.05, 0) is 31.0 Å². The van der Waals surface area contributed by atoms with Crippen molar-refractivity contribution in [1.82, 2.24) is 9.78 Å². The highest BCUT2D eigenvalue weighted by Gasteiger charge is 2.17. The van der Waals surface area contributed by atoms with Crippen LogP contribution in [-0.2, 0) is 11.3 Å². The first-order valence-corrected chi connectivity index (χ1v) is 12.2. The van der Waals surface area contributed by atoms with E-state index in [9.17, 15) is 9.59 Å². The van der Waals surface area contributed by atoms with Gasteiger partial charge in [0, 0.05) is 11.8 Å². The number of benzene rings is 2. The molecule has 34 heavy (non-hydrogen) atoms. The lowest BCUT2D eigenvalue weighted by Crippen LogP contribution is -2.25. The van der Waals surface area contributed by atoms with E-state index in [1.807, 2.05) is 18.2 Å². The number of carbonyl (C=O) groups is 1. The predicted molar refractivity (Wildman–Crippen MR) is 133 cm³/mol. The standard InChI is InChI=1S/C27H34N2O5/c1-3-5-7-8-16-25(30)34-26-23(32-18-6-4-2)14-11-15-24(26)33-19-17-29-27(31)22-13-10-9-12-21(22)20-28-29/h9-15,20H,3-8,16-19H2,1-2H3. The van der Waals surface area contributed by atoms with Crippen molar-refractivity contribution in [3.63, 3.8) is 0 Å². The highest BCUT2D eigenvalue weighted by molar-refractivity contribution is 5.80. The summed E-state index contributed by atoms with van der Waals surface area (Å²) in [4.78, 5) is 25.2. The molecule has 0 saturated heterocycles. The van der Waals surface area contributed by atoms with Crippen molar-refractivity contribution >= 4 is 16.7 Å². The minimum atomic E-state index is -0.306. The average Bonchev–Trinajstić information content (AvgIpc) is 2.85. The van der Waals surface area contributed by atoms with Crippen molar-refractivity contribution in [2.45, 2.75) is 65.3 Å². The molecule has 0 unspecified atom stereocenters. The maximum absolute atomic E-state index is 12.7. The number of rotatable bonds is 14. The number of fused-ring (bicyclic) bond motifs is 1. The summed E-state index contributed by atoms with van der Waals surface area (Å²) in [5.41, 5.74) is -0.169. The summed E-state index contributed by atoms with van der Waals surface area (Å²) < 4.78 is 18.9. The maximum Gasteiger partial charge on any atom is 0.311 e. The normalized spacial score (nSPS) is 10.9. The Balaban J connectivity index is 1.70. The molecule has 3 aromatic rings. The molecule has 0 amide bonds. The van der Waals surface area contributed by atoms with E-state index in [0.29, 0.717) is 29.9 Å². The average molecular weight is 467 g/mol. The van der Waals surface area contributed by atoms with Gasteiger partial charge in [-0.15, -0.1) is 0 Å². The van der Waals surface area contributed by atoms with Crippen molar-refractivity contribution in [3.8, 4) is 17.2 Å². The summed E-state index contributed by atoms with van der Waals surface area (Å²) in [6.45, 7) is 5.19. The van der Waals surface area contributed by atoms with Gasteiger partial charge in [0.2, 0.25) is 5.75 Å². The molecule has 2 aromatic carbocycles. The molecule has 1 heterocycles. The highest BCUT2D eigenvalue weighted by atomic mass is 16.6. The lowest BCUT2D eigenvalue weighted by Gasteiger charge is -2.16. The lowest BCUT2D eigenvalue weighted by atomic mass is 10.1. The third-order valence-electron chi connectivity index (χ3n) is 5.47. The van der Waals surface area contributed by atoms with Crippen LogP contribution in [0.1, 0.15) is 58.8 Å². The van der Waals surface area contributed by atoms with Gasteiger partial charge in [-0.3, -0.25) is 9.59 Å². The van der Waals surface area contributed by atoms with Gasteiger partial charge >= 0.3 is 5.97 Å². The number of hydrogen-bond donors (Lipinski definition) is 0. The Bertz CT molecular complexity index is 1130. The monoisotopic (exact) mass is 466 g/mol. The summed E-state index contributed by atoms with van der Waals surface area (Å²) in [5.74, 6) is 0.872. The number of hydrogen-bond acceptors (Lipinski definition) is 6. The van der Waals surface area contributed by atoms with Crippen LogP contribution in [0.25, 0.3) is 10.8 Å². The van der Waals surface area contributed by atoms with Crippen molar-refractivity contribution in [2.75, 3.05) is 13.2 Å². The summed E-state index contributed by atoms with van der Waals surface area (Å²) in [5, 5.41) is 5.65. The van der Waals surface area contributed by atoms with Gasteiger partial charge < -0.3 is 14.2 Å². The van der Waals surface area contributed by atoms with Crippen LogP contribution >= 0.6 is 0 Å². The largest absolute Gasteiger partial charge is 0.490 e. The molecule has 0 bridgehead atoms. The molecule has 182 valence electrons. The molecule has 0 atom stereocenters. The molecule has 0 aliphatic heterocycles. The topological polar surface area (TPSA) is 79.7 Å². The second-order valence-corrected chi connectivity index (χ2v) is 8.18. The third kappa shape index (κ3) is 7.07. The Kier molecular flexibility index (Phi) is 9.95. The van der Waals surface area contributed by atoms with Crippen molar-refractivity contribution in [1.29, 1.82) is 0 Å². The molecule has 7 nitrogen and oxygen atoms in total. The summed E-state index contributed by atoms with van der Waals surface area (Å²) in [6.07, 6.45) is 7.90. The smallest absolute Gasteiger partial charge is 0.311 e. The van der Waals surface area contributed by atoms with E-state index >= 15 is 0 Å². The number of ether oxygens (including phenoxy) is 3. The number of nitrogens with zero attached hydrogens (tertiary/aromatic N) is 2. The van der Waals surface area contributed by atoms with Gasteiger partial charge in [0.25, 0.3) is 5.56 Å². The molecule has 0 aliphatic rings. The highest BCUT2D eigenvalue weighted by Crippen LogP contribution is 2.38. The van der Waals surface area contributed by atoms with Crippen LogP contribution in [0.5, 0.6) is 17.2 Å². The summed E-state index contributed by atoms with van der Waals surface area (Å²) in [6, 6.07) is 12.7. The van der Waals surface area contributed by atoms with Gasteiger partial charge in [-0.2, -0.15) is 5.10 Å². The molecule has 1 aromatic heterocycles. The SMILES string of the molecule is CCCCCCC(=O)Oc1c(OCCCC)cccc1OCCn1ncc2ccccc2c1=O. The zero-order valence-electron chi connectivity index (χ0n) is 20.1. The quantitative estimate of drug-likeness (QED) is 0.177. The number of esters is 1. The summed E-state index contributed by atoms with van der Waals surface area (Å²) in [7, 11) is 0. The van der Waals surface area contributed by atoms with E-state index < -0.39 is 0 Å². The molecule has 0 spiro atoms. The lowest BCUT2D eigenvalue weighted by molar-refractivity contribution is -0.134. The second kappa shape index (κ2) is 13.4. The Morgan fingerprint density at radius 1 is 0.882 bits per heavy atom. The first kappa shape index (κ1) is 25.3. The Morgan fingerprint density at radius 3 is 2.38 bits per heavy atom. The van der Waals surface area contributed by atoms with Gasteiger partial charge in [0.1, 0.15) is 6.61 Å². The number of aromatic nitrogens is 2. The number of para-hydroxylation sites is 1. The zero-order valence-corrected chi connectivity index (χ0v) is 20.1. The van der Waals surface area contributed by atoms with Crippen LogP contribution in [0.2, 0.25) is 0 Å². The van der Waals surface area contributed by atoms with Crippen molar-refractivity contribution < 1.29 is 19.0 Å². The van der Waals surface area contributed by atoms with Gasteiger partial charge in [0.15, 0.2) is 11.5 Å². The molecule has 0 fully saturated rings. The Morgan fingerprint density at radius 2 is 1.62 bits per heavy atom. The summed E-state index contributed by atoms with van der Waals surface area (Å²) >= 11 is 0. The van der Waals surface area contributed by atoms with E-state index in [1.165, 1.54) is 4.68 Å². The maximum atomic E-state index is 12.7. The number of carbonyl (C=O) groups excluding carboxylic acids is 1. The molecule has 0 radical (unpaired) electrons. The van der Waals surface area contributed by atoms with Crippen LogP contribution in [0, 0.1) is 0 Å². The minimum absolute atomic E-state index is 0.169. The first-order chi connectivity index (χ1) is 16.6. The molecule has 7 heteroatoms. The van der Waals surface area contributed by atoms with Gasteiger partial charge in [-0.1, -0.05) is 63.8 Å². The van der Waals surface area contributed by atoms with Crippen LogP contribution in [0.3, 0.4) is 0 Å². The van der Waals surface area contributed by atoms with Crippen LogP contribution in [0.15, 0.2) is 53.5 Å². The van der Waals surface area contributed by atoms with Gasteiger partial charge in [0.05, 0.1) is 24.7 Å². The molecular weight excluding hydrogens is 432 g/mol. The fourth-order valence-electron chi connectivity index (χ4n) is 3.54. The van der Waals surface area contributed by atoms with Crippen molar-refractivity contribution in [2.24, 2.45) is 0 Å². The van der Waals surface area contributed by atoms with E-state index in [2.05, 4.69) is 18.9 Å². The van der Waals surface area contributed by atoms with Crippen molar-refractivity contribution in [3.05, 3.63) is 59.0 Å². The Labute approximate surface area is 200 Å². The molecule has 0 saturated carbocycles. The van der Waals surface area contributed by atoms with Crippen LogP contribution in [0.4, 0.5) is 0 Å². The molecule has 0 aliphatic carbocycles. The number of unbranched alkanes of at least 4 members (excludes halogenated alkanes) is 4. The van der Waals surface area contributed by atoms with E-state index in [4.69, 9.17) is 14.2 Å². The predicted octanol–water partition coefficient (Wildman–Crippen LogP) is 5.53. The first-order valence-electron chi connectivity index (χ1n) is 12.2. The molecular formula is C27H34N2O5. The van der Waals surface area contributed by atoms with Gasteiger partial charge in [-0.25, -0.2) is 4.68 Å². The fourth-order valence-corrected chi connectivity index (χ4v) is 3.54.